The van der Waals surface area contributed by atoms with E-state index in [4.69, 9.17) is 0 Å². The largest absolute Gasteiger partial charge is 0.322 e. The van der Waals surface area contributed by atoms with Gasteiger partial charge in [-0.3, -0.25) is 4.79 Å². The molecule has 0 atom stereocenters. The Hall–Kier alpha value is -1.13. The third-order valence-electron chi connectivity index (χ3n) is 3.24. The van der Waals surface area contributed by atoms with Gasteiger partial charge in [0.25, 0.3) is 5.91 Å². The summed E-state index contributed by atoms with van der Waals surface area (Å²) in [5, 5.41) is 6.10. The van der Waals surface area contributed by atoms with Gasteiger partial charge in [-0.25, -0.2) is 0 Å². The Morgan fingerprint density at radius 3 is 2.28 bits per heavy atom. The molecule has 18 heavy (non-hydrogen) atoms. The molecule has 1 aromatic carbocycles. The second-order valence-corrected chi connectivity index (χ2v) is 5.50. The molecule has 1 amide bonds. The van der Waals surface area contributed by atoms with E-state index in [1.165, 1.54) is 5.57 Å². The van der Waals surface area contributed by atoms with Gasteiger partial charge in [-0.1, -0.05) is 15.9 Å². The zero-order chi connectivity index (χ0) is 13.3. The highest BCUT2D eigenvalue weighted by Crippen LogP contribution is 2.25. The minimum atomic E-state index is -0.00683. The van der Waals surface area contributed by atoms with E-state index >= 15 is 0 Å². The first-order chi connectivity index (χ1) is 8.49. The number of nitrogens with one attached hydrogen (secondary N) is 2. The molecule has 2 N–H and O–H groups in total. The summed E-state index contributed by atoms with van der Waals surface area (Å²) < 4.78 is 1.10. The van der Waals surface area contributed by atoms with E-state index < -0.39 is 0 Å². The van der Waals surface area contributed by atoms with E-state index in [1.807, 2.05) is 32.9 Å². The van der Waals surface area contributed by atoms with Crippen LogP contribution in [-0.2, 0) is 4.79 Å². The number of carbonyl (C=O) groups excluding carboxylic acids is 1. The maximum Gasteiger partial charge on any atom is 0.251 e. The Bertz CT molecular complexity index is 506. The number of amides is 1. The SMILES string of the molecule is CC(C(=O)Nc1cc(C)c(Br)c(C)c1)=C1CNC1. The van der Waals surface area contributed by atoms with Crippen LogP contribution in [-0.4, -0.2) is 19.0 Å². The Balaban J connectivity index is 2.17. The zero-order valence-corrected chi connectivity index (χ0v) is 12.4. The predicted molar refractivity (Wildman–Crippen MR) is 77.8 cm³/mol. The fourth-order valence-corrected chi connectivity index (χ4v) is 2.15. The molecule has 3 nitrogen and oxygen atoms in total. The minimum absolute atomic E-state index is 0.00683. The average Bonchev–Trinajstić information content (AvgIpc) is 2.23. The minimum Gasteiger partial charge on any atom is -0.322 e. The number of hydrogen-bond acceptors (Lipinski definition) is 2. The lowest BCUT2D eigenvalue weighted by atomic mass is 10.0. The molecule has 4 heteroatoms. The van der Waals surface area contributed by atoms with E-state index in [-0.39, 0.29) is 5.91 Å². The Labute approximate surface area is 116 Å². The van der Waals surface area contributed by atoms with Gasteiger partial charge in [0.1, 0.15) is 0 Å². The number of aryl methyl sites for hydroxylation is 2. The van der Waals surface area contributed by atoms with Gasteiger partial charge in [0.05, 0.1) is 0 Å². The van der Waals surface area contributed by atoms with E-state index in [2.05, 4.69) is 26.6 Å². The zero-order valence-electron chi connectivity index (χ0n) is 10.9. The molecule has 1 saturated heterocycles. The molecule has 0 spiro atoms. The maximum atomic E-state index is 12.0. The van der Waals surface area contributed by atoms with Crippen LogP contribution in [0.4, 0.5) is 5.69 Å². The van der Waals surface area contributed by atoms with Crippen LogP contribution >= 0.6 is 15.9 Å². The van der Waals surface area contributed by atoms with Gasteiger partial charge in [-0.15, -0.1) is 0 Å². The van der Waals surface area contributed by atoms with Gasteiger partial charge < -0.3 is 10.6 Å². The summed E-state index contributed by atoms with van der Waals surface area (Å²) in [5.74, 6) is -0.00683. The third-order valence-corrected chi connectivity index (χ3v) is 4.49. The van der Waals surface area contributed by atoms with Crippen molar-refractivity contribution < 1.29 is 4.79 Å². The molecule has 0 aromatic heterocycles. The topological polar surface area (TPSA) is 41.1 Å². The number of benzene rings is 1. The van der Waals surface area contributed by atoms with Crippen LogP contribution in [0.25, 0.3) is 0 Å². The quantitative estimate of drug-likeness (QED) is 0.825. The van der Waals surface area contributed by atoms with Crippen LogP contribution in [0.15, 0.2) is 27.8 Å². The van der Waals surface area contributed by atoms with Crippen LogP contribution in [0.3, 0.4) is 0 Å². The number of anilines is 1. The first kappa shape index (κ1) is 13.3. The fraction of sp³-hybridized carbons (Fsp3) is 0.357. The molecule has 2 rings (SSSR count). The average molecular weight is 309 g/mol. The standard InChI is InChI=1S/C14H17BrN2O/c1-8-4-12(5-9(2)13(8)15)17-14(18)10(3)11-6-16-7-11/h4-5,16H,6-7H2,1-3H3,(H,17,18). The second kappa shape index (κ2) is 5.24. The Morgan fingerprint density at radius 1 is 1.28 bits per heavy atom. The smallest absolute Gasteiger partial charge is 0.251 e. The lowest BCUT2D eigenvalue weighted by Gasteiger charge is -2.21. The van der Waals surface area contributed by atoms with Gasteiger partial charge >= 0.3 is 0 Å². The Kier molecular flexibility index (Phi) is 3.88. The van der Waals surface area contributed by atoms with Crippen molar-refractivity contribution in [2.24, 2.45) is 0 Å². The van der Waals surface area contributed by atoms with E-state index in [0.29, 0.717) is 0 Å². The lowest BCUT2D eigenvalue weighted by molar-refractivity contribution is -0.112. The number of hydrogen-bond donors (Lipinski definition) is 2. The lowest BCUT2D eigenvalue weighted by Crippen LogP contribution is -2.36. The van der Waals surface area contributed by atoms with Crippen molar-refractivity contribution in [3.8, 4) is 0 Å². The van der Waals surface area contributed by atoms with Crippen molar-refractivity contribution in [1.82, 2.24) is 5.32 Å². The molecule has 1 aromatic rings. The van der Waals surface area contributed by atoms with Crippen molar-refractivity contribution in [1.29, 1.82) is 0 Å². The second-order valence-electron chi connectivity index (χ2n) is 4.71. The number of carbonyl (C=O) groups is 1. The fourth-order valence-electron chi connectivity index (χ4n) is 1.92. The van der Waals surface area contributed by atoms with Crippen LogP contribution in [0.5, 0.6) is 0 Å². The molecule has 1 aliphatic heterocycles. The highest BCUT2D eigenvalue weighted by molar-refractivity contribution is 9.10. The van der Waals surface area contributed by atoms with Crippen LogP contribution in [0, 0.1) is 13.8 Å². The first-order valence-electron chi connectivity index (χ1n) is 5.96. The van der Waals surface area contributed by atoms with E-state index in [0.717, 1.165) is 39.9 Å². The van der Waals surface area contributed by atoms with Gasteiger partial charge in [0, 0.05) is 28.8 Å². The van der Waals surface area contributed by atoms with Gasteiger partial charge in [0.2, 0.25) is 0 Å². The summed E-state index contributed by atoms with van der Waals surface area (Å²) in [7, 11) is 0. The molecule has 0 bridgehead atoms. The van der Waals surface area contributed by atoms with Gasteiger partial charge in [-0.2, -0.15) is 0 Å². The molecule has 0 unspecified atom stereocenters. The summed E-state index contributed by atoms with van der Waals surface area (Å²) in [6.45, 7) is 7.58. The third kappa shape index (κ3) is 2.65. The maximum absolute atomic E-state index is 12.0. The summed E-state index contributed by atoms with van der Waals surface area (Å²) in [6, 6.07) is 3.96. The molecule has 0 radical (unpaired) electrons. The van der Waals surface area contributed by atoms with Gasteiger partial charge in [0.15, 0.2) is 0 Å². The Morgan fingerprint density at radius 2 is 1.83 bits per heavy atom. The molecule has 1 aliphatic rings. The summed E-state index contributed by atoms with van der Waals surface area (Å²) in [4.78, 5) is 12.0. The predicted octanol–water partition coefficient (Wildman–Crippen LogP) is 2.92. The molecular formula is C14H17BrN2O. The highest BCUT2D eigenvalue weighted by Gasteiger charge is 2.16. The molecule has 0 aliphatic carbocycles. The molecular weight excluding hydrogens is 292 g/mol. The molecule has 96 valence electrons. The van der Waals surface area contributed by atoms with Crippen LogP contribution in [0.2, 0.25) is 0 Å². The summed E-state index contributed by atoms with van der Waals surface area (Å²) >= 11 is 3.52. The van der Waals surface area contributed by atoms with Gasteiger partial charge in [-0.05, 0) is 49.6 Å². The molecule has 1 heterocycles. The van der Waals surface area contributed by atoms with Crippen molar-refractivity contribution in [3.63, 3.8) is 0 Å². The van der Waals surface area contributed by atoms with Crippen molar-refractivity contribution in [2.45, 2.75) is 20.8 Å². The van der Waals surface area contributed by atoms with E-state index in [1.54, 1.807) is 0 Å². The molecule has 1 fully saturated rings. The van der Waals surface area contributed by atoms with Crippen LogP contribution in [0.1, 0.15) is 18.1 Å². The number of rotatable bonds is 2. The summed E-state index contributed by atoms with van der Waals surface area (Å²) in [5.41, 5.74) is 5.12. The highest BCUT2D eigenvalue weighted by atomic mass is 79.9. The molecule has 0 saturated carbocycles. The van der Waals surface area contributed by atoms with Crippen molar-refractivity contribution in [2.75, 3.05) is 18.4 Å². The van der Waals surface area contributed by atoms with Crippen LogP contribution < -0.4 is 10.6 Å². The van der Waals surface area contributed by atoms with E-state index in [9.17, 15) is 4.79 Å². The monoisotopic (exact) mass is 308 g/mol. The first-order valence-corrected chi connectivity index (χ1v) is 6.76. The summed E-state index contributed by atoms with van der Waals surface area (Å²) in [6.07, 6.45) is 0. The normalized spacial score (nSPS) is 14.1. The number of halogens is 1. The van der Waals surface area contributed by atoms with Crippen molar-refractivity contribution >= 4 is 27.5 Å². The van der Waals surface area contributed by atoms with Crippen molar-refractivity contribution in [3.05, 3.63) is 38.9 Å².